The molecule has 0 aromatic rings. The van der Waals surface area contributed by atoms with Crippen LogP contribution in [0.3, 0.4) is 0 Å². The van der Waals surface area contributed by atoms with E-state index in [1.165, 1.54) is 33.4 Å². The molecule has 0 aromatic heterocycles. The van der Waals surface area contributed by atoms with E-state index in [1.54, 1.807) is 0 Å². The van der Waals surface area contributed by atoms with E-state index in [0.29, 0.717) is 0 Å². The van der Waals surface area contributed by atoms with Gasteiger partial charge in [-0.2, -0.15) is 22.3 Å². The number of hydrogen-bond donors (Lipinski definition) is 0. The Morgan fingerprint density at radius 2 is 0.810 bits per heavy atom. The van der Waals surface area contributed by atoms with Crippen molar-refractivity contribution in [3.05, 3.63) is 45.6 Å². The van der Waals surface area contributed by atoms with Gasteiger partial charge < -0.3 is 0 Å². The van der Waals surface area contributed by atoms with Crippen molar-refractivity contribution in [2.45, 2.75) is 69.2 Å². The minimum atomic E-state index is 0. The van der Waals surface area contributed by atoms with Crippen molar-refractivity contribution < 1.29 is 36.9 Å². The summed E-state index contributed by atoms with van der Waals surface area (Å²) < 4.78 is 0. The largest absolute Gasteiger partial charge is 0.263 e. The smallest absolute Gasteiger partial charge is 0 e. The Labute approximate surface area is 161 Å². The van der Waals surface area contributed by atoms with Crippen molar-refractivity contribution in [3.63, 3.8) is 0 Å². The van der Waals surface area contributed by atoms with Crippen LogP contribution in [0, 0.1) is 59.9 Å². The molecule has 0 fully saturated rings. The molecule has 0 atom stereocenters. The average molecular weight is 445 g/mol. The normalized spacial score (nSPS) is 22.4. The van der Waals surface area contributed by atoms with Crippen molar-refractivity contribution >= 4 is 0 Å². The molecule has 0 heterocycles. The van der Waals surface area contributed by atoms with Gasteiger partial charge in [0.05, 0.1) is 0 Å². The van der Waals surface area contributed by atoms with Crippen molar-refractivity contribution in [1.82, 2.24) is 0 Å². The summed E-state index contributed by atoms with van der Waals surface area (Å²) in [7, 11) is 0. The van der Waals surface area contributed by atoms with E-state index < -0.39 is 0 Å². The van der Waals surface area contributed by atoms with Crippen molar-refractivity contribution in [3.8, 4) is 0 Å². The van der Waals surface area contributed by atoms with Gasteiger partial charge in [0.15, 0.2) is 0 Å². The first kappa shape index (κ1) is 21.2. The summed E-state index contributed by atoms with van der Waals surface area (Å²) in [5, 5.41) is 0. The second kappa shape index (κ2) is 7.18. The quantitative estimate of drug-likeness (QED) is 0.388. The van der Waals surface area contributed by atoms with Crippen LogP contribution < -0.4 is 0 Å². The Kier molecular flexibility index (Phi) is 7.24. The molecule has 0 bridgehead atoms. The first-order chi connectivity index (χ1) is 8.90. The minimum Gasteiger partial charge on any atom is -0.263 e. The van der Waals surface area contributed by atoms with Crippen LogP contribution in [0.2, 0.25) is 0 Å². The molecule has 0 N–H and O–H groups in total. The van der Waals surface area contributed by atoms with Crippen LogP contribution in [0.4, 0.5) is 0 Å². The standard InChI is InChI=1S/2C10H15.Lu/c2*1-7-6-10(4,5)9(3)8(7)2;/h2*1-5H3;/q2*-1;. The summed E-state index contributed by atoms with van der Waals surface area (Å²) in [6.07, 6.45) is 6.87. The Balaban J connectivity index is 0.000000364. The van der Waals surface area contributed by atoms with Crippen LogP contribution in [0.5, 0.6) is 0 Å². The predicted octanol–water partition coefficient (Wildman–Crippen LogP) is 6.22. The fraction of sp³-hybridized carbons (Fsp3) is 0.600. The number of allylic oxidation sites excluding steroid dienone is 8. The van der Waals surface area contributed by atoms with Crippen LogP contribution in [0.25, 0.3) is 0 Å². The monoisotopic (exact) mass is 445 g/mol. The van der Waals surface area contributed by atoms with Gasteiger partial charge in [-0.1, -0.05) is 66.2 Å². The van der Waals surface area contributed by atoms with Gasteiger partial charge in [0, 0.05) is 36.9 Å². The first-order valence-corrected chi connectivity index (χ1v) is 7.50. The minimum absolute atomic E-state index is 0. The van der Waals surface area contributed by atoms with E-state index in [4.69, 9.17) is 0 Å². The summed E-state index contributed by atoms with van der Waals surface area (Å²) in [6.45, 7) is 21.8. The van der Waals surface area contributed by atoms with Gasteiger partial charge in [0.25, 0.3) is 0 Å². The Bertz CT molecular complexity index is 484. The SMILES string of the molecule is CC1=[C-]C(C)(C)C(C)=C1C.CC1=[C-]C(C)(C)C(C)=C1C.[Lu]. The Morgan fingerprint density at radius 1 is 0.571 bits per heavy atom. The van der Waals surface area contributed by atoms with E-state index in [2.05, 4.69) is 81.4 Å². The third kappa shape index (κ3) is 4.58. The van der Waals surface area contributed by atoms with Gasteiger partial charge in [-0.3, -0.25) is 12.2 Å². The fourth-order valence-corrected chi connectivity index (χ4v) is 2.81. The fourth-order valence-electron chi connectivity index (χ4n) is 2.81. The summed E-state index contributed by atoms with van der Waals surface area (Å²) in [5.74, 6) is 0. The second-order valence-corrected chi connectivity index (χ2v) is 7.25. The van der Waals surface area contributed by atoms with Crippen molar-refractivity contribution in [2.24, 2.45) is 10.8 Å². The molecule has 0 aromatic carbocycles. The maximum atomic E-state index is 3.44. The maximum absolute atomic E-state index is 3.44. The Morgan fingerprint density at radius 3 is 0.857 bits per heavy atom. The molecule has 1 radical (unpaired) electrons. The van der Waals surface area contributed by atoms with Crippen LogP contribution in [-0.4, -0.2) is 0 Å². The molecular weight excluding hydrogens is 415 g/mol. The molecule has 0 aliphatic heterocycles. The molecule has 0 nitrogen and oxygen atoms in total. The van der Waals surface area contributed by atoms with Gasteiger partial charge in [-0.25, -0.2) is 11.1 Å². The zero-order chi connectivity index (χ0) is 15.9. The molecule has 0 saturated carbocycles. The van der Waals surface area contributed by atoms with Gasteiger partial charge in [0.1, 0.15) is 0 Å². The van der Waals surface area contributed by atoms with Crippen LogP contribution in [-0.2, 0) is 0 Å². The van der Waals surface area contributed by atoms with Gasteiger partial charge in [-0.15, -0.1) is 13.8 Å². The summed E-state index contributed by atoms with van der Waals surface area (Å²) in [6, 6.07) is 0. The summed E-state index contributed by atoms with van der Waals surface area (Å²) in [5.41, 5.74) is 8.79. The molecule has 0 spiro atoms. The molecule has 2 rings (SSSR count). The molecule has 21 heavy (non-hydrogen) atoms. The van der Waals surface area contributed by atoms with Crippen LogP contribution in [0.1, 0.15) is 69.2 Å². The second-order valence-electron chi connectivity index (χ2n) is 7.25. The molecular formula is C20H30Lu-2. The van der Waals surface area contributed by atoms with Crippen LogP contribution >= 0.6 is 0 Å². The van der Waals surface area contributed by atoms with Crippen LogP contribution in [0.15, 0.2) is 33.4 Å². The van der Waals surface area contributed by atoms with Gasteiger partial charge >= 0.3 is 0 Å². The molecule has 1 heteroatoms. The van der Waals surface area contributed by atoms with Gasteiger partial charge in [0.2, 0.25) is 0 Å². The predicted molar refractivity (Wildman–Crippen MR) is 89.2 cm³/mol. The van der Waals surface area contributed by atoms with E-state index in [9.17, 15) is 0 Å². The number of hydrogen-bond acceptors (Lipinski definition) is 0. The van der Waals surface area contributed by atoms with Gasteiger partial charge in [-0.05, 0) is 0 Å². The summed E-state index contributed by atoms with van der Waals surface area (Å²) in [4.78, 5) is 0. The zero-order valence-corrected chi connectivity index (χ0v) is 16.9. The Hall–Kier alpha value is 0.194. The third-order valence-corrected chi connectivity index (χ3v) is 5.12. The average Bonchev–Trinajstić information content (AvgIpc) is 2.60. The molecule has 127 valence electrons. The van der Waals surface area contributed by atoms with Crippen molar-refractivity contribution in [2.75, 3.05) is 0 Å². The summed E-state index contributed by atoms with van der Waals surface area (Å²) >= 11 is 0. The van der Waals surface area contributed by atoms with E-state index >= 15 is 0 Å². The third-order valence-electron chi connectivity index (χ3n) is 5.12. The van der Waals surface area contributed by atoms with Crippen molar-refractivity contribution in [1.29, 1.82) is 0 Å². The van der Waals surface area contributed by atoms with E-state index in [0.717, 1.165) is 0 Å². The topological polar surface area (TPSA) is 0 Å². The maximum Gasteiger partial charge on any atom is 0 e. The number of rotatable bonds is 0. The molecule has 0 unspecified atom stereocenters. The molecule has 0 saturated heterocycles. The first-order valence-electron chi connectivity index (χ1n) is 7.50. The van der Waals surface area contributed by atoms with E-state index in [-0.39, 0.29) is 47.7 Å². The molecule has 2 aliphatic rings. The zero-order valence-electron chi connectivity index (χ0n) is 15.3. The molecule has 0 amide bonds. The molecule has 2 aliphatic carbocycles. The van der Waals surface area contributed by atoms with E-state index in [1.807, 2.05) is 0 Å².